The van der Waals surface area contributed by atoms with E-state index in [9.17, 15) is 9.46 Å². The Hall–Kier alpha value is -1.25. The number of nitrogens with one attached hydrogen (secondary N) is 2. The molecule has 10 heteroatoms. The van der Waals surface area contributed by atoms with E-state index in [1.165, 1.54) is 11.8 Å². The lowest BCUT2D eigenvalue weighted by Gasteiger charge is -2.16. The largest absolute Gasteiger partial charge is 0.453 e. The van der Waals surface area contributed by atoms with Gasteiger partial charge in [-0.15, -0.1) is 0 Å². The molecule has 154 valence electrons. The van der Waals surface area contributed by atoms with Gasteiger partial charge < -0.3 is 15.2 Å². The number of hydrogen-bond acceptors (Lipinski definition) is 5. The highest BCUT2D eigenvalue weighted by Gasteiger charge is 2.23. The molecule has 7 nitrogen and oxygen atoms in total. The molecule has 0 aliphatic carbocycles. The first-order valence-corrected chi connectivity index (χ1v) is 12.8. The first-order valence-electron chi connectivity index (χ1n) is 8.89. The molecule has 0 amide bonds. The van der Waals surface area contributed by atoms with Gasteiger partial charge in [-0.05, 0) is 32.1 Å². The lowest BCUT2D eigenvalue weighted by atomic mass is 10.1. The second kappa shape index (κ2) is 11.7. The number of H-pyrrole nitrogens is 1. The first-order chi connectivity index (χ1) is 13.4. The lowest BCUT2D eigenvalue weighted by molar-refractivity contribution is 0.190. The van der Waals surface area contributed by atoms with Gasteiger partial charge in [-0.2, -0.15) is 16.5 Å². The van der Waals surface area contributed by atoms with Crippen LogP contribution in [0.25, 0.3) is 0 Å². The van der Waals surface area contributed by atoms with Crippen molar-refractivity contribution in [2.75, 3.05) is 18.6 Å². The van der Waals surface area contributed by atoms with Crippen molar-refractivity contribution in [1.82, 2.24) is 15.3 Å². The topological polar surface area (TPSA) is 99.6 Å². The molecular weight excluding hydrogens is 415 g/mol. The molecule has 2 unspecified atom stereocenters. The average Bonchev–Trinajstić information content (AvgIpc) is 3.05. The highest BCUT2D eigenvalue weighted by Crippen LogP contribution is 2.46. The SMILES string of the molecule is CSC(=NP(=O)(O)OC(C)Cc1ccccc1)NCCSCc1nc[nH]c1C. The van der Waals surface area contributed by atoms with Gasteiger partial charge >= 0.3 is 7.75 Å². The normalized spacial score (nSPS) is 15.2. The van der Waals surface area contributed by atoms with E-state index in [1.54, 1.807) is 31.3 Å². The van der Waals surface area contributed by atoms with E-state index in [1.807, 2.05) is 37.3 Å². The number of aryl methyl sites for hydroxylation is 1. The summed E-state index contributed by atoms with van der Waals surface area (Å²) in [6, 6.07) is 9.71. The fourth-order valence-electron chi connectivity index (χ4n) is 2.44. The fourth-order valence-corrected chi connectivity index (χ4v) is 5.08. The minimum Gasteiger partial charge on any atom is -0.364 e. The zero-order valence-corrected chi connectivity index (χ0v) is 18.8. The van der Waals surface area contributed by atoms with Crippen LogP contribution >= 0.6 is 31.3 Å². The number of thioether (sulfide) groups is 2. The molecule has 2 atom stereocenters. The minimum absolute atomic E-state index is 0.397. The average molecular weight is 443 g/mol. The standard InChI is InChI=1S/C18H27N4O3PS2/c1-14(11-16-7-5-4-6-8-16)25-26(23,24)22-18(27-3)19-9-10-28-12-17-15(2)20-13-21-17/h4-8,13-14H,9-12H2,1-3H3,(H,20,21)(H2,19,22,23,24). The van der Waals surface area contributed by atoms with Crippen molar-refractivity contribution in [3.8, 4) is 0 Å². The summed E-state index contributed by atoms with van der Waals surface area (Å²) in [5.74, 6) is 1.65. The summed E-state index contributed by atoms with van der Waals surface area (Å²) in [7, 11) is -4.08. The fraction of sp³-hybridized carbons (Fsp3) is 0.444. The Morgan fingerprint density at radius 3 is 2.82 bits per heavy atom. The smallest absolute Gasteiger partial charge is 0.364 e. The van der Waals surface area contributed by atoms with Gasteiger partial charge in [0.05, 0.1) is 18.1 Å². The number of rotatable bonds is 10. The number of imidazole rings is 1. The molecule has 0 fully saturated rings. The van der Waals surface area contributed by atoms with Crippen LogP contribution in [0.1, 0.15) is 23.9 Å². The number of aromatic amines is 1. The molecule has 0 spiro atoms. The number of amidine groups is 1. The molecule has 0 bridgehead atoms. The highest BCUT2D eigenvalue weighted by atomic mass is 32.2. The van der Waals surface area contributed by atoms with Crippen LogP contribution < -0.4 is 5.32 Å². The molecule has 0 radical (unpaired) electrons. The van der Waals surface area contributed by atoms with Crippen molar-refractivity contribution in [3.63, 3.8) is 0 Å². The van der Waals surface area contributed by atoms with Crippen LogP contribution in [0.4, 0.5) is 0 Å². The van der Waals surface area contributed by atoms with E-state index in [2.05, 4.69) is 20.0 Å². The molecule has 0 aliphatic rings. The molecule has 28 heavy (non-hydrogen) atoms. The van der Waals surface area contributed by atoms with Crippen molar-refractivity contribution in [1.29, 1.82) is 0 Å². The number of benzene rings is 1. The maximum Gasteiger partial charge on any atom is 0.453 e. The third-order valence-electron chi connectivity index (χ3n) is 3.79. The predicted octanol–water partition coefficient (Wildman–Crippen LogP) is 4.01. The van der Waals surface area contributed by atoms with Gasteiger partial charge in [0.25, 0.3) is 0 Å². The Morgan fingerprint density at radius 1 is 1.43 bits per heavy atom. The van der Waals surface area contributed by atoms with Crippen LogP contribution in [0.15, 0.2) is 41.4 Å². The molecule has 1 heterocycles. The molecule has 0 saturated heterocycles. The van der Waals surface area contributed by atoms with Crippen molar-refractivity contribution in [2.24, 2.45) is 4.76 Å². The minimum atomic E-state index is -4.08. The summed E-state index contributed by atoms with van der Waals surface area (Å²) in [4.78, 5) is 17.4. The van der Waals surface area contributed by atoms with Crippen LogP contribution in [-0.4, -0.2) is 44.7 Å². The van der Waals surface area contributed by atoms with Gasteiger partial charge in [0, 0.05) is 23.7 Å². The molecular formula is C18H27N4O3PS2. The third kappa shape index (κ3) is 8.41. The maximum atomic E-state index is 12.3. The highest BCUT2D eigenvalue weighted by molar-refractivity contribution is 8.13. The van der Waals surface area contributed by atoms with Gasteiger partial charge in [-0.25, -0.2) is 9.55 Å². The van der Waals surface area contributed by atoms with Crippen LogP contribution in [-0.2, 0) is 21.3 Å². The van der Waals surface area contributed by atoms with Crippen molar-refractivity contribution in [2.45, 2.75) is 32.1 Å². The summed E-state index contributed by atoms with van der Waals surface area (Å²) in [5.41, 5.74) is 3.17. The van der Waals surface area contributed by atoms with E-state index in [4.69, 9.17) is 4.52 Å². The van der Waals surface area contributed by atoms with Gasteiger partial charge in [-0.3, -0.25) is 4.52 Å². The number of hydrogen-bond donors (Lipinski definition) is 3. The monoisotopic (exact) mass is 442 g/mol. The Bertz CT molecular complexity index is 801. The first kappa shape index (κ1) is 23.0. The van der Waals surface area contributed by atoms with E-state index in [0.717, 1.165) is 28.5 Å². The Kier molecular flexibility index (Phi) is 9.61. The molecule has 0 saturated carbocycles. The van der Waals surface area contributed by atoms with Gasteiger partial charge in [0.1, 0.15) is 0 Å². The van der Waals surface area contributed by atoms with E-state index in [-0.39, 0.29) is 0 Å². The van der Waals surface area contributed by atoms with Crippen LogP contribution in [0.5, 0.6) is 0 Å². The van der Waals surface area contributed by atoms with Crippen LogP contribution in [0.3, 0.4) is 0 Å². The summed E-state index contributed by atoms with van der Waals surface area (Å²) in [6.07, 6.45) is 3.63. The molecule has 1 aromatic heterocycles. The van der Waals surface area contributed by atoms with Crippen molar-refractivity contribution in [3.05, 3.63) is 53.6 Å². The summed E-state index contributed by atoms with van der Waals surface area (Å²) in [6.45, 7) is 4.40. The quantitative estimate of drug-likeness (QED) is 0.221. The van der Waals surface area contributed by atoms with Crippen molar-refractivity contribution >= 4 is 36.4 Å². The molecule has 1 aromatic carbocycles. The molecule has 2 rings (SSSR count). The third-order valence-corrected chi connectivity index (χ3v) is 6.60. The zero-order valence-electron chi connectivity index (χ0n) is 16.3. The van der Waals surface area contributed by atoms with E-state index in [0.29, 0.717) is 18.1 Å². The van der Waals surface area contributed by atoms with Gasteiger partial charge in [0.15, 0.2) is 5.17 Å². The Balaban J connectivity index is 1.77. The Labute approximate surface area is 174 Å². The summed E-state index contributed by atoms with van der Waals surface area (Å²) in [5, 5.41) is 3.49. The maximum absolute atomic E-state index is 12.3. The zero-order chi connectivity index (χ0) is 20.4. The molecule has 0 aliphatic heterocycles. The molecule has 2 aromatic rings. The van der Waals surface area contributed by atoms with Crippen molar-refractivity contribution < 1.29 is 14.0 Å². The number of nitrogens with zero attached hydrogens (tertiary/aromatic N) is 2. The van der Waals surface area contributed by atoms with Gasteiger partial charge in [0.2, 0.25) is 0 Å². The summed E-state index contributed by atoms with van der Waals surface area (Å²) >= 11 is 3.02. The molecule has 3 N–H and O–H groups in total. The Morgan fingerprint density at radius 2 is 2.18 bits per heavy atom. The second-order valence-electron chi connectivity index (χ2n) is 6.16. The summed E-state index contributed by atoms with van der Waals surface area (Å²) < 4.78 is 21.6. The van der Waals surface area contributed by atoms with Crippen LogP contribution in [0.2, 0.25) is 0 Å². The lowest BCUT2D eigenvalue weighted by Crippen LogP contribution is -2.23. The number of aromatic nitrogens is 2. The van der Waals surface area contributed by atoms with E-state index < -0.39 is 13.9 Å². The predicted molar refractivity (Wildman–Crippen MR) is 119 cm³/mol. The van der Waals surface area contributed by atoms with Gasteiger partial charge in [-0.1, -0.05) is 42.1 Å². The second-order valence-corrected chi connectivity index (χ2v) is 9.45. The van der Waals surface area contributed by atoms with Crippen LogP contribution in [0, 0.1) is 6.92 Å². The van der Waals surface area contributed by atoms with E-state index >= 15 is 0 Å².